The molecule has 0 atom stereocenters. The van der Waals surface area contributed by atoms with Crippen LogP contribution < -0.4 is 10.2 Å². The maximum absolute atomic E-state index is 12.5. The third kappa shape index (κ3) is 5.33. The lowest BCUT2D eigenvalue weighted by Crippen LogP contribution is -2.36. The fraction of sp³-hybridized carbons (Fsp3) is 0.300. The SMILES string of the molecule is O=C(NCc1ccnc(N2CCOCC2)c1)c1ccc(CSc2ncn[nH]2)cc1. The predicted octanol–water partition coefficient (Wildman–Crippen LogP) is 2.26. The normalized spacial score (nSPS) is 14.0. The highest BCUT2D eigenvalue weighted by molar-refractivity contribution is 7.98. The molecule has 0 radical (unpaired) electrons. The van der Waals surface area contributed by atoms with Gasteiger partial charge in [0, 0.05) is 37.1 Å². The van der Waals surface area contributed by atoms with Crippen molar-refractivity contribution in [1.29, 1.82) is 0 Å². The van der Waals surface area contributed by atoms with E-state index in [4.69, 9.17) is 4.74 Å². The zero-order chi connectivity index (χ0) is 19.9. The molecule has 3 heterocycles. The van der Waals surface area contributed by atoms with Crippen LogP contribution in [-0.4, -0.2) is 52.4 Å². The second-order valence-electron chi connectivity index (χ2n) is 6.58. The summed E-state index contributed by atoms with van der Waals surface area (Å²) < 4.78 is 5.39. The number of nitrogens with one attached hydrogen (secondary N) is 2. The molecule has 3 aromatic rings. The zero-order valence-electron chi connectivity index (χ0n) is 15.9. The molecule has 0 aliphatic carbocycles. The van der Waals surface area contributed by atoms with E-state index < -0.39 is 0 Å². The Hall–Kier alpha value is -2.91. The van der Waals surface area contributed by atoms with E-state index in [1.807, 2.05) is 36.4 Å². The van der Waals surface area contributed by atoms with Gasteiger partial charge in [0.05, 0.1) is 13.2 Å². The Labute approximate surface area is 173 Å². The minimum atomic E-state index is -0.0934. The molecular formula is C20H22N6O2S. The summed E-state index contributed by atoms with van der Waals surface area (Å²) in [4.78, 5) is 23.2. The number of aromatic amines is 1. The molecule has 9 heteroatoms. The largest absolute Gasteiger partial charge is 0.378 e. The fourth-order valence-corrected chi connectivity index (χ4v) is 3.72. The van der Waals surface area contributed by atoms with Crippen LogP contribution in [0.25, 0.3) is 0 Å². The van der Waals surface area contributed by atoms with E-state index in [0.29, 0.717) is 12.1 Å². The molecule has 1 fully saturated rings. The Balaban J connectivity index is 1.30. The van der Waals surface area contributed by atoms with Crippen molar-refractivity contribution in [3.63, 3.8) is 0 Å². The zero-order valence-corrected chi connectivity index (χ0v) is 16.7. The topological polar surface area (TPSA) is 96.0 Å². The average Bonchev–Trinajstić information content (AvgIpc) is 3.31. The number of benzene rings is 1. The third-order valence-corrected chi connectivity index (χ3v) is 5.53. The molecule has 2 N–H and O–H groups in total. The molecule has 1 amide bonds. The molecule has 150 valence electrons. The van der Waals surface area contributed by atoms with Crippen molar-refractivity contribution >= 4 is 23.5 Å². The number of hydrogen-bond acceptors (Lipinski definition) is 7. The van der Waals surface area contributed by atoms with Gasteiger partial charge in [0.2, 0.25) is 0 Å². The lowest BCUT2D eigenvalue weighted by atomic mass is 10.1. The molecule has 0 spiro atoms. The second kappa shape index (κ2) is 9.53. The molecule has 4 rings (SSSR count). The number of carbonyl (C=O) groups is 1. The summed E-state index contributed by atoms with van der Waals surface area (Å²) in [5.74, 6) is 1.59. The lowest BCUT2D eigenvalue weighted by molar-refractivity contribution is 0.0951. The van der Waals surface area contributed by atoms with E-state index in [2.05, 4.69) is 30.4 Å². The number of ether oxygens (including phenoxy) is 1. The number of morpholine rings is 1. The summed E-state index contributed by atoms with van der Waals surface area (Å²) in [6.45, 7) is 3.57. The molecule has 0 bridgehead atoms. The van der Waals surface area contributed by atoms with Gasteiger partial charge in [0.15, 0.2) is 5.16 Å². The summed E-state index contributed by atoms with van der Waals surface area (Å²) in [6.07, 6.45) is 3.27. The molecular weight excluding hydrogens is 388 g/mol. The van der Waals surface area contributed by atoms with Crippen molar-refractivity contribution in [3.05, 3.63) is 65.6 Å². The monoisotopic (exact) mass is 410 g/mol. The Morgan fingerprint density at radius 1 is 1.14 bits per heavy atom. The van der Waals surface area contributed by atoms with Gasteiger partial charge in [0.25, 0.3) is 5.91 Å². The number of nitrogens with zero attached hydrogens (tertiary/aromatic N) is 4. The van der Waals surface area contributed by atoms with E-state index in [1.54, 1.807) is 18.0 Å². The van der Waals surface area contributed by atoms with E-state index in [9.17, 15) is 4.79 Å². The molecule has 0 unspecified atom stereocenters. The number of pyridine rings is 1. The van der Waals surface area contributed by atoms with E-state index in [1.165, 1.54) is 6.33 Å². The van der Waals surface area contributed by atoms with Gasteiger partial charge in [-0.2, -0.15) is 5.10 Å². The summed E-state index contributed by atoms with van der Waals surface area (Å²) in [7, 11) is 0. The van der Waals surface area contributed by atoms with Crippen molar-refractivity contribution in [2.75, 3.05) is 31.2 Å². The van der Waals surface area contributed by atoms with Gasteiger partial charge in [-0.05, 0) is 35.4 Å². The van der Waals surface area contributed by atoms with Gasteiger partial charge in [-0.15, -0.1) is 0 Å². The van der Waals surface area contributed by atoms with Crippen LogP contribution in [0.2, 0.25) is 0 Å². The van der Waals surface area contributed by atoms with Crippen molar-refractivity contribution in [2.24, 2.45) is 0 Å². The number of amides is 1. The maximum Gasteiger partial charge on any atom is 0.251 e. The molecule has 1 saturated heterocycles. The second-order valence-corrected chi connectivity index (χ2v) is 7.54. The first kappa shape index (κ1) is 19.4. The first-order chi connectivity index (χ1) is 14.3. The average molecular weight is 411 g/mol. The molecule has 29 heavy (non-hydrogen) atoms. The van der Waals surface area contributed by atoms with Gasteiger partial charge >= 0.3 is 0 Å². The fourth-order valence-electron chi connectivity index (χ4n) is 2.99. The highest BCUT2D eigenvalue weighted by atomic mass is 32.2. The minimum Gasteiger partial charge on any atom is -0.378 e. The smallest absolute Gasteiger partial charge is 0.251 e. The number of aromatic nitrogens is 4. The molecule has 0 saturated carbocycles. The summed E-state index contributed by atoms with van der Waals surface area (Å²) >= 11 is 1.57. The van der Waals surface area contributed by atoms with E-state index >= 15 is 0 Å². The standard InChI is InChI=1S/C20H22N6O2S/c27-19(17-3-1-15(2-4-17)13-29-20-23-14-24-25-20)22-12-16-5-6-21-18(11-16)26-7-9-28-10-8-26/h1-6,11,14H,7-10,12-13H2,(H,22,27)(H,23,24,25). The summed E-state index contributed by atoms with van der Waals surface area (Å²) in [5, 5.41) is 10.4. The number of anilines is 1. The first-order valence-electron chi connectivity index (χ1n) is 9.41. The van der Waals surface area contributed by atoms with Crippen LogP contribution in [0, 0.1) is 0 Å². The highest BCUT2D eigenvalue weighted by Crippen LogP contribution is 2.19. The van der Waals surface area contributed by atoms with Crippen molar-refractivity contribution in [1.82, 2.24) is 25.5 Å². The van der Waals surface area contributed by atoms with Crippen LogP contribution in [0.4, 0.5) is 5.82 Å². The molecule has 1 aromatic carbocycles. The first-order valence-corrected chi connectivity index (χ1v) is 10.4. The van der Waals surface area contributed by atoms with Gasteiger partial charge in [-0.25, -0.2) is 9.97 Å². The Kier molecular flexibility index (Phi) is 6.38. The maximum atomic E-state index is 12.5. The van der Waals surface area contributed by atoms with Gasteiger partial charge < -0.3 is 15.0 Å². The van der Waals surface area contributed by atoms with Crippen molar-refractivity contribution in [2.45, 2.75) is 17.5 Å². The van der Waals surface area contributed by atoms with Crippen LogP contribution in [0.15, 0.2) is 54.1 Å². The van der Waals surface area contributed by atoms with Crippen molar-refractivity contribution in [3.8, 4) is 0 Å². The highest BCUT2D eigenvalue weighted by Gasteiger charge is 2.13. The van der Waals surface area contributed by atoms with E-state index in [0.717, 1.165) is 54.2 Å². The molecule has 1 aliphatic heterocycles. The Morgan fingerprint density at radius 2 is 1.97 bits per heavy atom. The number of rotatable bonds is 7. The van der Waals surface area contributed by atoms with Crippen LogP contribution in [0.5, 0.6) is 0 Å². The molecule has 2 aromatic heterocycles. The molecule has 8 nitrogen and oxygen atoms in total. The van der Waals surface area contributed by atoms with Crippen LogP contribution in [-0.2, 0) is 17.0 Å². The predicted molar refractivity (Wildman–Crippen MR) is 111 cm³/mol. The minimum absolute atomic E-state index is 0.0934. The Bertz CT molecular complexity index is 926. The lowest BCUT2D eigenvalue weighted by Gasteiger charge is -2.28. The third-order valence-electron chi connectivity index (χ3n) is 4.58. The van der Waals surface area contributed by atoms with Gasteiger partial charge in [0.1, 0.15) is 12.1 Å². The Morgan fingerprint density at radius 3 is 2.72 bits per heavy atom. The van der Waals surface area contributed by atoms with E-state index in [-0.39, 0.29) is 5.91 Å². The van der Waals surface area contributed by atoms with Crippen molar-refractivity contribution < 1.29 is 9.53 Å². The van der Waals surface area contributed by atoms with Crippen LogP contribution in [0.1, 0.15) is 21.5 Å². The van der Waals surface area contributed by atoms with Gasteiger partial charge in [-0.1, -0.05) is 23.9 Å². The number of thioether (sulfide) groups is 1. The number of hydrogen-bond donors (Lipinski definition) is 2. The number of carbonyl (C=O) groups excluding carboxylic acids is 1. The van der Waals surface area contributed by atoms with Gasteiger partial charge in [-0.3, -0.25) is 9.89 Å². The summed E-state index contributed by atoms with van der Waals surface area (Å²) in [6, 6.07) is 11.6. The van der Waals surface area contributed by atoms with Crippen LogP contribution in [0.3, 0.4) is 0 Å². The van der Waals surface area contributed by atoms with Crippen LogP contribution >= 0.6 is 11.8 Å². The quantitative estimate of drug-likeness (QED) is 0.577. The molecule has 1 aliphatic rings. The summed E-state index contributed by atoms with van der Waals surface area (Å²) in [5.41, 5.74) is 2.78. The number of H-pyrrole nitrogens is 1.